The number of esters is 1. The third-order valence-electron chi connectivity index (χ3n) is 3.64. The number of thioether (sulfide) groups is 2. The quantitative estimate of drug-likeness (QED) is 0.381. The van der Waals surface area contributed by atoms with Gasteiger partial charge in [-0.15, -0.1) is 22.0 Å². The van der Waals surface area contributed by atoms with Gasteiger partial charge in [-0.25, -0.2) is 0 Å². The fourth-order valence-corrected chi connectivity index (χ4v) is 4.94. The molecule has 2 amide bonds. The summed E-state index contributed by atoms with van der Waals surface area (Å²) in [6.45, 7) is 2.38. The molecule has 0 spiro atoms. The van der Waals surface area contributed by atoms with Crippen LogP contribution in [0.15, 0.2) is 33.5 Å². The minimum Gasteiger partial charge on any atom is -0.465 e. The van der Waals surface area contributed by atoms with Gasteiger partial charge < -0.3 is 15.0 Å². The number of amides is 2. The number of nitrogens with zero attached hydrogens (tertiary/aromatic N) is 3. The Labute approximate surface area is 174 Å². The Kier molecular flexibility index (Phi) is 7.29. The van der Waals surface area contributed by atoms with Gasteiger partial charge in [0.2, 0.25) is 16.9 Å². The maximum atomic E-state index is 12.2. The highest BCUT2D eigenvalue weighted by Crippen LogP contribution is 2.35. The van der Waals surface area contributed by atoms with Crippen LogP contribution in [-0.2, 0) is 19.1 Å². The predicted octanol–water partition coefficient (Wildman–Crippen LogP) is 2.66. The Hall–Kier alpha value is -2.11. The summed E-state index contributed by atoms with van der Waals surface area (Å²) in [6.07, 6.45) is 0.148. The average Bonchev–Trinajstić information content (AvgIpc) is 3.13. The van der Waals surface area contributed by atoms with Crippen LogP contribution in [0.5, 0.6) is 0 Å². The van der Waals surface area contributed by atoms with Crippen molar-refractivity contribution in [1.82, 2.24) is 10.2 Å². The summed E-state index contributed by atoms with van der Waals surface area (Å²) in [4.78, 5) is 38.5. The maximum absolute atomic E-state index is 12.2. The Bertz CT molecular complexity index is 874. The van der Waals surface area contributed by atoms with Crippen LogP contribution in [0, 0.1) is 0 Å². The summed E-state index contributed by atoms with van der Waals surface area (Å²) < 4.78 is 5.42. The van der Waals surface area contributed by atoms with Crippen molar-refractivity contribution < 1.29 is 19.1 Å². The van der Waals surface area contributed by atoms with Gasteiger partial charge in [0.15, 0.2) is 4.34 Å². The van der Waals surface area contributed by atoms with Crippen molar-refractivity contribution in [3.63, 3.8) is 0 Å². The molecule has 28 heavy (non-hydrogen) atoms. The topological polar surface area (TPSA) is 101 Å². The highest BCUT2D eigenvalue weighted by atomic mass is 32.2. The lowest BCUT2D eigenvalue weighted by Crippen LogP contribution is -2.37. The van der Waals surface area contributed by atoms with Crippen LogP contribution >= 0.6 is 34.9 Å². The molecule has 2 heterocycles. The molecule has 0 unspecified atom stereocenters. The van der Waals surface area contributed by atoms with E-state index in [1.165, 1.54) is 34.9 Å². The van der Waals surface area contributed by atoms with Crippen molar-refractivity contribution >= 4 is 63.5 Å². The molecular formula is C17H18N4O4S3. The van der Waals surface area contributed by atoms with E-state index in [4.69, 9.17) is 4.74 Å². The van der Waals surface area contributed by atoms with Crippen molar-refractivity contribution in [2.24, 2.45) is 0 Å². The number of nitrogens with one attached hydrogen (secondary N) is 1. The molecule has 0 saturated carbocycles. The van der Waals surface area contributed by atoms with Gasteiger partial charge in [-0.05, 0) is 19.1 Å². The second-order valence-electron chi connectivity index (χ2n) is 5.57. The van der Waals surface area contributed by atoms with Gasteiger partial charge >= 0.3 is 5.97 Å². The molecule has 0 fully saturated rings. The molecule has 0 radical (unpaired) electrons. The van der Waals surface area contributed by atoms with Crippen molar-refractivity contribution in [3.05, 3.63) is 24.3 Å². The molecule has 3 rings (SSSR count). The van der Waals surface area contributed by atoms with Gasteiger partial charge in [0, 0.05) is 17.9 Å². The van der Waals surface area contributed by atoms with Crippen LogP contribution in [0.25, 0.3) is 0 Å². The van der Waals surface area contributed by atoms with Crippen LogP contribution < -0.4 is 10.2 Å². The van der Waals surface area contributed by atoms with Crippen LogP contribution in [0.3, 0.4) is 0 Å². The highest BCUT2D eigenvalue weighted by molar-refractivity contribution is 8.01. The lowest BCUT2D eigenvalue weighted by molar-refractivity contribution is -0.139. The first-order chi connectivity index (χ1) is 13.6. The highest BCUT2D eigenvalue weighted by Gasteiger charge is 2.24. The number of ether oxygens (including phenoxy) is 1. The molecule has 8 nitrogen and oxygen atoms in total. The molecule has 2 aromatic rings. The smallest absolute Gasteiger partial charge is 0.316 e. The summed E-state index contributed by atoms with van der Waals surface area (Å²) in [6, 6.07) is 7.66. The molecule has 148 valence electrons. The van der Waals surface area contributed by atoms with E-state index >= 15 is 0 Å². The largest absolute Gasteiger partial charge is 0.465 e. The van der Waals surface area contributed by atoms with E-state index in [2.05, 4.69) is 15.5 Å². The second kappa shape index (κ2) is 9.89. The fourth-order valence-electron chi connectivity index (χ4n) is 2.44. The third kappa shape index (κ3) is 5.46. The van der Waals surface area contributed by atoms with E-state index in [0.29, 0.717) is 28.4 Å². The van der Waals surface area contributed by atoms with E-state index in [1.807, 2.05) is 24.3 Å². The zero-order chi connectivity index (χ0) is 19.9. The van der Waals surface area contributed by atoms with Crippen molar-refractivity contribution in [1.29, 1.82) is 0 Å². The van der Waals surface area contributed by atoms with Crippen LogP contribution in [0.4, 0.5) is 10.8 Å². The molecule has 1 N–H and O–H groups in total. The maximum Gasteiger partial charge on any atom is 0.316 e. The average molecular weight is 439 g/mol. The number of carbonyl (C=O) groups excluding carboxylic acids is 3. The van der Waals surface area contributed by atoms with E-state index in [1.54, 1.807) is 11.8 Å². The number of carbonyl (C=O) groups is 3. The zero-order valence-electron chi connectivity index (χ0n) is 15.0. The van der Waals surface area contributed by atoms with E-state index < -0.39 is 0 Å². The van der Waals surface area contributed by atoms with Crippen molar-refractivity contribution in [2.75, 3.05) is 34.9 Å². The number of anilines is 2. The molecular weight excluding hydrogens is 420 g/mol. The zero-order valence-corrected chi connectivity index (χ0v) is 17.5. The Morgan fingerprint density at radius 3 is 2.96 bits per heavy atom. The first-order valence-corrected chi connectivity index (χ1v) is 11.3. The summed E-state index contributed by atoms with van der Waals surface area (Å²) >= 11 is 3.90. The van der Waals surface area contributed by atoms with E-state index in [0.717, 1.165) is 10.6 Å². The Morgan fingerprint density at radius 2 is 2.14 bits per heavy atom. The minimum atomic E-state index is -0.321. The summed E-state index contributed by atoms with van der Waals surface area (Å²) in [5.41, 5.74) is 0.838. The Balaban J connectivity index is 1.50. The lowest BCUT2D eigenvalue weighted by Gasteiger charge is -2.28. The predicted molar refractivity (Wildman–Crippen MR) is 110 cm³/mol. The van der Waals surface area contributed by atoms with Gasteiger partial charge in [0.1, 0.15) is 0 Å². The number of fused-ring (bicyclic) bond motifs is 1. The first kappa shape index (κ1) is 20.6. The molecule has 0 bridgehead atoms. The Morgan fingerprint density at radius 1 is 1.32 bits per heavy atom. The second-order valence-corrected chi connectivity index (χ2v) is 8.78. The summed E-state index contributed by atoms with van der Waals surface area (Å²) in [5.74, 6) is -0.0642. The van der Waals surface area contributed by atoms with Crippen LogP contribution in [0.1, 0.15) is 13.3 Å². The van der Waals surface area contributed by atoms with Crippen LogP contribution in [0.2, 0.25) is 0 Å². The standard InChI is InChI=1S/C17H18N4O4S3/c1-2-25-15(24)10-27-17-20-19-16(28-17)18-13(22)7-8-21-11-5-3-4-6-12(11)26-9-14(21)23/h3-6H,2,7-10H2,1H3,(H,18,19,22). The van der Waals surface area contributed by atoms with E-state index in [-0.39, 0.29) is 30.0 Å². The SMILES string of the molecule is CCOC(=O)CSc1nnc(NC(=O)CCN2C(=O)CSc3ccccc32)s1. The van der Waals surface area contributed by atoms with Crippen LogP contribution in [-0.4, -0.2) is 52.6 Å². The number of hydrogen-bond donors (Lipinski definition) is 1. The van der Waals surface area contributed by atoms with Gasteiger partial charge in [0.05, 0.1) is 23.8 Å². The summed E-state index contributed by atoms with van der Waals surface area (Å²) in [7, 11) is 0. The monoisotopic (exact) mass is 438 g/mol. The molecule has 0 aliphatic carbocycles. The molecule has 0 saturated heterocycles. The van der Waals surface area contributed by atoms with Gasteiger partial charge in [-0.1, -0.05) is 35.2 Å². The molecule has 1 aromatic heterocycles. The van der Waals surface area contributed by atoms with Crippen molar-refractivity contribution in [2.45, 2.75) is 22.6 Å². The molecule has 1 aliphatic heterocycles. The van der Waals surface area contributed by atoms with Crippen molar-refractivity contribution in [3.8, 4) is 0 Å². The van der Waals surface area contributed by atoms with Gasteiger partial charge in [-0.3, -0.25) is 14.4 Å². The summed E-state index contributed by atoms with van der Waals surface area (Å²) in [5, 5.41) is 10.9. The first-order valence-electron chi connectivity index (χ1n) is 8.50. The number of rotatable bonds is 8. The number of benzene rings is 1. The molecule has 1 aromatic carbocycles. The normalized spacial score (nSPS) is 13.2. The number of hydrogen-bond acceptors (Lipinski definition) is 9. The van der Waals surface area contributed by atoms with E-state index in [9.17, 15) is 14.4 Å². The minimum absolute atomic E-state index is 0.00920. The number of aromatic nitrogens is 2. The molecule has 0 atom stereocenters. The number of para-hydroxylation sites is 1. The lowest BCUT2D eigenvalue weighted by atomic mass is 10.2. The fraction of sp³-hybridized carbons (Fsp3) is 0.353. The third-order valence-corrected chi connectivity index (χ3v) is 6.64. The van der Waals surface area contributed by atoms with Gasteiger partial charge in [-0.2, -0.15) is 0 Å². The molecule has 11 heteroatoms. The molecule has 1 aliphatic rings. The van der Waals surface area contributed by atoms with Gasteiger partial charge in [0.25, 0.3) is 0 Å².